The van der Waals surface area contributed by atoms with Gasteiger partial charge in [-0.2, -0.15) is 0 Å². The topological polar surface area (TPSA) is 52.6 Å². The van der Waals surface area contributed by atoms with Gasteiger partial charge in [-0.25, -0.2) is 0 Å². The van der Waals surface area contributed by atoms with Crippen LogP contribution >= 0.6 is 11.6 Å². The first-order valence-corrected chi connectivity index (χ1v) is 8.35. The maximum Gasteiger partial charge on any atom is 0.270 e. The fourth-order valence-electron chi connectivity index (χ4n) is 2.76. The first kappa shape index (κ1) is 17.0. The zero-order valence-corrected chi connectivity index (χ0v) is 14.5. The molecule has 0 aliphatic carbocycles. The molecule has 2 aromatic carbocycles. The fourth-order valence-corrected chi connectivity index (χ4v) is 2.95. The van der Waals surface area contributed by atoms with E-state index >= 15 is 0 Å². The molecule has 1 aliphatic rings. The highest BCUT2D eigenvalue weighted by molar-refractivity contribution is 6.30. The summed E-state index contributed by atoms with van der Waals surface area (Å²) < 4.78 is 0. The van der Waals surface area contributed by atoms with E-state index in [1.807, 2.05) is 37.3 Å². The Bertz CT molecular complexity index is 807. The van der Waals surface area contributed by atoms with Crippen LogP contribution < -0.4 is 5.32 Å². The molecule has 25 heavy (non-hydrogen) atoms. The van der Waals surface area contributed by atoms with Crippen molar-refractivity contribution in [2.45, 2.75) is 13.1 Å². The summed E-state index contributed by atoms with van der Waals surface area (Å²) in [4.78, 5) is 27.6. The monoisotopic (exact) mass is 355 g/mol. The normalized spacial score (nSPS) is 17.3. The van der Waals surface area contributed by atoms with Gasteiger partial charge in [0.15, 0.2) is 6.17 Å². The van der Waals surface area contributed by atoms with Crippen LogP contribution in [0.4, 0.5) is 5.69 Å². The molecule has 6 heteroatoms. The number of benzene rings is 2. The molecular weight excluding hydrogens is 338 g/mol. The van der Waals surface area contributed by atoms with Gasteiger partial charge in [0.1, 0.15) is 0 Å². The minimum absolute atomic E-state index is 0.200. The molecule has 3 rings (SSSR count). The minimum Gasteiger partial charge on any atom is -0.357 e. The van der Waals surface area contributed by atoms with Crippen LogP contribution in [-0.2, 0) is 9.59 Å². The molecule has 1 heterocycles. The molecule has 0 saturated heterocycles. The molecule has 128 valence electrons. The maximum absolute atomic E-state index is 12.8. The number of nitrogens with one attached hydrogen (secondary N) is 1. The standard InChI is InChI=1S/C19H18ClN3O2/c1-2-22-12-17(14-7-4-3-5-8-14)23(13-24)18(19(22)25)21-16-10-6-9-15(20)11-16/h3-13,18,21H,2H2,1H3. The Morgan fingerprint density at radius 3 is 2.56 bits per heavy atom. The Labute approximate surface area is 151 Å². The smallest absolute Gasteiger partial charge is 0.270 e. The minimum atomic E-state index is -0.837. The molecular formula is C19H18ClN3O2. The summed E-state index contributed by atoms with van der Waals surface area (Å²) in [6, 6.07) is 16.6. The summed E-state index contributed by atoms with van der Waals surface area (Å²) in [5, 5.41) is 3.67. The molecule has 0 spiro atoms. The van der Waals surface area contributed by atoms with Crippen molar-refractivity contribution in [1.29, 1.82) is 0 Å². The predicted molar refractivity (Wildman–Crippen MR) is 98.6 cm³/mol. The number of rotatable bonds is 5. The number of hydrogen-bond acceptors (Lipinski definition) is 3. The quantitative estimate of drug-likeness (QED) is 0.836. The molecule has 2 amide bonds. The molecule has 1 atom stereocenters. The van der Waals surface area contributed by atoms with E-state index < -0.39 is 6.17 Å². The van der Waals surface area contributed by atoms with Crippen molar-refractivity contribution in [3.05, 3.63) is 71.4 Å². The lowest BCUT2D eigenvalue weighted by atomic mass is 10.1. The Morgan fingerprint density at radius 2 is 1.92 bits per heavy atom. The fraction of sp³-hybridized carbons (Fsp3) is 0.158. The molecule has 0 fully saturated rings. The third-order valence-electron chi connectivity index (χ3n) is 4.00. The number of halogens is 1. The Morgan fingerprint density at radius 1 is 1.16 bits per heavy atom. The molecule has 0 saturated carbocycles. The van der Waals surface area contributed by atoms with Crippen LogP contribution in [0.15, 0.2) is 60.8 Å². The van der Waals surface area contributed by atoms with Gasteiger partial charge in [-0.3, -0.25) is 14.5 Å². The highest BCUT2D eigenvalue weighted by Crippen LogP contribution is 2.27. The van der Waals surface area contributed by atoms with Gasteiger partial charge in [0, 0.05) is 23.5 Å². The van der Waals surface area contributed by atoms with E-state index in [4.69, 9.17) is 11.6 Å². The zero-order chi connectivity index (χ0) is 17.8. The highest BCUT2D eigenvalue weighted by atomic mass is 35.5. The van der Waals surface area contributed by atoms with Crippen molar-refractivity contribution in [3.8, 4) is 0 Å². The third kappa shape index (κ3) is 3.51. The van der Waals surface area contributed by atoms with E-state index in [9.17, 15) is 9.59 Å². The molecule has 2 aromatic rings. The summed E-state index contributed by atoms with van der Waals surface area (Å²) in [5.74, 6) is -0.200. The van der Waals surface area contributed by atoms with Crippen LogP contribution in [0.3, 0.4) is 0 Å². The lowest BCUT2D eigenvalue weighted by molar-refractivity contribution is -0.136. The largest absolute Gasteiger partial charge is 0.357 e. The van der Waals surface area contributed by atoms with E-state index in [0.717, 1.165) is 5.56 Å². The molecule has 0 aromatic heterocycles. The van der Waals surface area contributed by atoms with Gasteiger partial charge in [-0.15, -0.1) is 0 Å². The van der Waals surface area contributed by atoms with Crippen molar-refractivity contribution < 1.29 is 9.59 Å². The van der Waals surface area contributed by atoms with Gasteiger partial charge < -0.3 is 10.2 Å². The molecule has 1 unspecified atom stereocenters. The van der Waals surface area contributed by atoms with Gasteiger partial charge in [0.25, 0.3) is 5.91 Å². The lowest BCUT2D eigenvalue weighted by Gasteiger charge is -2.38. The number of amides is 2. The second-order valence-corrected chi connectivity index (χ2v) is 6.01. The van der Waals surface area contributed by atoms with Crippen LogP contribution in [0, 0.1) is 0 Å². The van der Waals surface area contributed by atoms with E-state index in [1.54, 1.807) is 35.4 Å². The van der Waals surface area contributed by atoms with E-state index in [2.05, 4.69) is 5.32 Å². The number of anilines is 1. The number of hydrogen-bond donors (Lipinski definition) is 1. The lowest BCUT2D eigenvalue weighted by Crippen LogP contribution is -2.53. The Balaban J connectivity index is 2.00. The van der Waals surface area contributed by atoms with Crippen LogP contribution in [-0.4, -0.2) is 34.8 Å². The highest BCUT2D eigenvalue weighted by Gasteiger charge is 2.35. The van der Waals surface area contributed by atoms with Gasteiger partial charge in [0.2, 0.25) is 6.41 Å². The van der Waals surface area contributed by atoms with E-state index in [0.29, 0.717) is 29.4 Å². The zero-order valence-electron chi connectivity index (χ0n) is 13.7. The van der Waals surface area contributed by atoms with Crippen molar-refractivity contribution >= 4 is 35.3 Å². The molecule has 0 bridgehead atoms. The average molecular weight is 356 g/mol. The molecule has 1 aliphatic heterocycles. The average Bonchev–Trinajstić information content (AvgIpc) is 2.64. The maximum atomic E-state index is 12.8. The second-order valence-electron chi connectivity index (χ2n) is 5.57. The summed E-state index contributed by atoms with van der Waals surface area (Å²) in [7, 11) is 0. The number of nitrogens with zero attached hydrogens (tertiary/aromatic N) is 2. The number of carbonyl (C=O) groups is 2. The summed E-state index contributed by atoms with van der Waals surface area (Å²) >= 11 is 6.02. The van der Waals surface area contributed by atoms with E-state index in [1.165, 1.54) is 4.90 Å². The molecule has 5 nitrogen and oxygen atoms in total. The predicted octanol–water partition coefficient (Wildman–Crippen LogP) is 3.40. The molecule has 0 radical (unpaired) electrons. The van der Waals surface area contributed by atoms with Crippen molar-refractivity contribution in [2.75, 3.05) is 11.9 Å². The van der Waals surface area contributed by atoms with Crippen molar-refractivity contribution in [2.24, 2.45) is 0 Å². The summed E-state index contributed by atoms with van der Waals surface area (Å²) in [5.41, 5.74) is 2.19. The van der Waals surface area contributed by atoms with Crippen LogP contribution in [0.5, 0.6) is 0 Å². The third-order valence-corrected chi connectivity index (χ3v) is 4.24. The number of carbonyl (C=O) groups excluding carboxylic acids is 2. The SMILES string of the molecule is CCN1C=C(c2ccccc2)N(C=O)C(Nc2cccc(Cl)c2)C1=O. The van der Waals surface area contributed by atoms with E-state index in [-0.39, 0.29) is 5.91 Å². The van der Waals surface area contributed by atoms with Gasteiger partial charge in [-0.1, -0.05) is 48.0 Å². The second kappa shape index (κ2) is 7.40. The summed E-state index contributed by atoms with van der Waals surface area (Å²) in [6.07, 6.45) is 1.55. The van der Waals surface area contributed by atoms with Gasteiger partial charge in [0.05, 0.1) is 5.70 Å². The van der Waals surface area contributed by atoms with Crippen LogP contribution in [0.2, 0.25) is 5.02 Å². The van der Waals surface area contributed by atoms with Crippen molar-refractivity contribution in [3.63, 3.8) is 0 Å². The van der Waals surface area contributed by atoms with Crippen LogP contribution in [0.25, 0.3) is 5.70 Å². The first-order chi connectivity index (χ1) is 12.1. The van der Waals surface area contributed by atoms with Crippen molar-refractivity contribution in [1.82, 2.24) is 9.80 Å². The Hall–Kier alpha value is -2.79. The van der Waals surface area contributed by atoms with Crippen LogP contribution in [0.1, 0.15) is 12.5 Å². The number of likely N-dealkylation sites (N-methyl/N-ethyl adjacent to an activating group) is 1. The van der Waals surface area contributed by atoms with Gasteiger partial charge in [-0.05, 0) is 30.7 Å². The first-order valence-electron chi connectivity index (χ1n) is 7.97. The van der Waals surface area contributed by atoms with Gasteiger partial charge >= 0.3 is 0 Å². The Kier molecular flexibility index (Phi) is 5.05. The molecule has 1 N–H and O–H groups in total. The summed E-state index contributed by atoms with van der Waals surface area (Å²) in [6.45, 7) is 2.40.